The SMILES string of the molecule is O=c1[nH]cc(C2OC(CO)C(O)C2O)c(=S)[nH]1. The summed E-state index contributed by atoms with van der Waals surface area (Å²) in [5, 5.41) is 28.3. The molecule has 0 saturated carbocycles. The fourth-order valence-electron chi connectivity index (χ4n) is 1.79. The molecule has 0 radical (unpaired) electrons. The second-order valence-corrected chi connectivity index (χ2v) is 4.19. The van der Waals surface area contributed by atoms with E-state index in [0.29, 0.717) is 5.56 Å². The maximum absolute atomic E-state index is 11.0. The summed E-state index contributed by atoms with van der Waals surface area (Å²) >= 11 is 4.93. The van der Waals surface area contributed by atoms with E-state index in [1.54, 1.807) is 0 Å². The van der Waals surface area contributed by atoms with E-state index in [-0.39, 0.29) is 4.64 Å². The summed E-state index contributed by atoms with van der Waals surface area (Å²) in [5.74, 6) is 0. The summed E-state index contributed by atoms with van der Waals surface area (Å²) in [6.45, 7) is -0.408. The first-order chi connectivity index (χ1) is 8.04. The van der Waals surface area contributed by atoms with Gasteiger partial charge in [0.05, 0.1) is 6.61 Å². The highest BCUT2D eigenvalue weighted by Crippen LogP contribution is 2.32. The lowest BCUT2D eigenvalue weighted by molar-refractivity contribution is -0.0230. The van der Waals surface area contributed by atoms with E-state index in [4.69, 9.17) is 22.1 Å². The normalized spacial score (nSPS) is 32.9. The Balaban J connectivity index is 2.35. The van der Waals surface area contributed by atoms with Gasteiger partial charge in [0.2, 0.25) is 0 Å². The molecule has 1 fully saturated rings. The quantitative estimate of drug-likeness (QED) is 0.417. The lowest BCUT2D eigenvalue weighted by Gasteiger charge is -2.14. The lowest BCUT2D eigenvalue weighted by atomic mass is 10.0. The molecule has 7 nitrogen and oxygen atoms in total. The number of H-pyrrole nitrogens is 2. The predicted octanol–water partition coefficient (Wildman–Crippen LogP) is -1.41. The minimum absolute atomic E-state index is 0.128. The molecular weight excluding hydrogens is 248 g/mol. The maximum Gasteiger partial charge on any atom is 0.323 e. The van der Waals surface area contributed by atoms with E-state index in [2.05, 4.69) is 9.97 Å². The molecule has 1 aliphatic rings. The molecule has 1 aromatic rings. The van der Waals surface area contributed by atoms with Crippen molar-refractivity contribution in [3.8, 4) is 0 Å². The first kappa shape index (κ1) is 12.4. The number of nitrogens with one attached hydrogen (secondary N) is 2. The Morgan fingerprint density at radius 3 is 2.65 bits per heavy atom. The van der Waals surface area contributed by atoms with Gasteiger partial charge in [-0.25, -0.2) is 4.79 Å². The number of aliphatic hydroxyl groups is 3. The standard InChI is InChI=1S/C9H12N2O5S/c12-2-4-5(13)6(14)7(16-4)3-1-10-9(15)11-8(3)17/h1,4-7,12-14H,2H2,(H2,10,11,15,17). The monoisotopic (exact) mass is 260 g/mol. The average molecular weight is 260 g/mol. The first-order valence-electron chi connectivity index (χ1n) is 4.99. The molecule has 2 heterocycles. The van der Waals surface area contributed by atoms with Crippen LogP contribution in [0.1, 0.15) is 11.7 Å². The summed E-state index contributed by atoms with van der Waals surface area (Å²) in [7, 11) is 0. The molecule has 94 valence electrons. The molecule has 4 unspecified atom stereocenters. The molecule has 1 aliphatic heterocycles. The highest BCUT2D eigenvalue weighted by atomic mass is 32.1. The molecule has 0 aliphatic carbocycles. The van der Waals surface area contributed by atoms with Crippen molar-refractivity contribution in [2.45, 2.75) is 24.4 Å². The van der Waals surface area contributed by atoms with Crippen molar-refractivity contribution in [3.63, 3.8) is 0 Å². The van der Waals surface area contributed by atoms with E-state index >= 15 is 0 Å². The van der Waals surface area contributed by atoms with Crippen molar-refractivity contribution >= 4 is 12.2 Å². The second kappa shape index (κ2) is 4.67. The van der Waals surface area contributed by atoms with Gasteiger partial charge in [-0.2, -0.15) is 0 Å². The number of rotatable bonds is 2. The molecule has 1 aromatic heterocycles. The minimum atomic E-state index is -1.20. The van der Waals surface area contributed by atoms with Gasteiger partial charge in [0, 0.05) is 11.8 Å². The smallest absolute Gasteiger partial charge is 0.323 e. The van der Waals surface area contributed by atoms with Gasteiger partial charge in [-0.1, -0.05) is 12.2 Å². The summed E-state index contributed by atoms with van der Waals surface area (Å²) in [5.41, 5.74) is -0.104. The van der Waals surface area contributed by atoms with E-state index in [0.717, 1.165) is 0 Å². The topological polar surface area (TPSA) is 119 Å². The van der Waals surface area contributed by atoms with E-state index in [1.807, 2.05) is 0 Å². The predicted molar refractivity (Wildman–Crippen MR) is 59.0 cm³/mol. The van der Waals surface area contributed by atoms with Crippen LogP contribution in [0.15, 0.2) is 11.0 Å². The van der Waals surface area contributed by atoms with Gasteiger partial charge in [0.25, 0.3) is 0 Å². The molecule has 2 rings (SSSR count). The van der Waals surface area contributed by atoms with Crippen molar-refractivity contribution in [3.05, 3.63) is 26.9 Å². The highest BCUT2D eigenvalue weighted by molar-refractivity contribution is 7.71. The maximum atomic E-state index is 11.0. The molecule has 0 amide bonds. The van der Waals surface area contributed by atoms with Crippen LogP contribution in [-0.4, -0.2) is 50.2 Å². The third-order valence-electron chi connectivity index (χ3n) is 2.70. The molecule has 8 heteroatoms. The number of aliphatic hydroxyl groups excluding tert-OH is 3. The molecule has 0 spiro atoms. The Morgan fingerprint density at radius 2 is 2.12 bits per heavy atom. The Labute approximate surface area is 101 Å². The molecule has 0 bridgehead atoms. The fourth-order valence-corrected chi connectivity index (χ4v) is 2.06. The zero-order chi connectivity index (χ0) is 12.6. The molecule has 5 N–H and O–H groups in total. The molecule has 1 saturated heterocycles. The van der Waals surface area contributed by atoms with Crippen molar-refractivity contribution in [1.82, 2.24) is 9.97 Å². The third-order valence-corrected chi connectivity index (χ3v) is 3.03. The molecule has 4 atom stereocenters. The van der Waals surface area contributed by atoms with Crippen LogP contribution in [-0.2, 0) is 4.74 Å². The van der Waals surface area contributed by atoms with Gasteiger partial charge >= 0.3 is 5.69 Å². The Morgan fingerprint density at radius 1 is 1.41 bits per heavy atom. The van der Waals surface area contributed by atoms with Crippen LogP contribution < -0.4 is 5.69 Å². The van der Waals surface area contributed by atoms with Crippen LogP contribution in [0.3, 0.4) is 0 Å². The van der Waals surface area contributed by atoms with E-state index in [1.165, 1.54) is 6.20 Å². The van der Waals surface area contributed by atoms with Crippen LogP contribution in [0, 0.1) is 4.64 Å². The molecule has 17 heavy (non-hydrogen) atoms. The van der Waals surface area contributed by atoms with Crippen LogP contribution in [0.25, 0.3) is 0 Å². The minimum Gasteiger partial charge on any atom is -0.394 e. The highest BCUT2D eigenvalue weighted by Gasteiger charge is 2.43. The van der Waals surface area contributed by atoms with Gasteiger partial charge in [-0.3, -0.25) is 4.98 Å². The van der Waals surface area contributed by atoms with E-state index < -0.39 is 36.7 Å². The number of ether oxygens (including phenoxy) is 1. The summed E-state index contributed by atoms with van der Waals surface area (Å²) in [4.78, 5) is 15.7. The molecule has 0 aromatic carbocycles. The van der Waals surface area contributed by atoms with Crippen molar-refractivity contribution in [2.75, 3.05) is 6.61 Å². The van der Waals surface area contributed by atoms with Crippen LogP contribution in [0.2, 0.25) is 0 Å². The first-order valence-corrected chi connectivity index (χ1v) is 5.39. The average Bonchev–Trinajstić information content (AvgIpc) is 2.57. The second-order valence-electron chi connectivity index (χ2n) is 3.79. The Kier molecular flexibility index (Phi) is 3.40. The largest absolute Gasteiger partial charge is 0.394 e. The summed E-state index contributed by atoms with van der Waals surface area (Å²) in [6, 6.07) is 0. The lowest BCUT2D eigenvalue weighted by Crippen LogP contribution is -2.32. The van der Waals surface area contributed by atoms with Crippen LogP contribution >= 0.6 is 12.2 Å². The van der Waals surface area contributed by atoms with Crippen molar-refractivity contribution in [2.24, 2.45) is 0 Å². The fraction of sp³-hybridized carbons (Fsp3) is 0.556. The zero-order valence-corrected chi connectivity index (χ0v) is 9.48. The van der Waals surface area contributed by atoms with Crippen LogP contribution in [0.4, 0.5) is 0 Å². The summed E-state index contributed by atoms with van der Waals surface area (Å²) in [6.07, 6.45) is -2.81. The van der Waals surface area contributed by atoms with Gasteiger partial charge in [-0.15, -0.1) is 0 Å². The van der Waals surface area contributed by atoms with E-state index in [9.17, 15) is 15.0 Å². The Hall–Kier alpha value is -1.06. The number of hydrogen-bond acceptors (Lipinski definition) is 6. The molecular formula is C9H12N2O5S. The number of aromatic amines is 2. The van der Waals surface area contributed by atoms with Gasteiger partial charge in [-0.05, 0) is 0 Å². The summed E-state index contributed by atoms with van der Waals surface area (Å²) < 4.78 is 5.41. The van der Waals surface area contributed by atoms with Crippen LogP contribution in [0.5, 0.6) is 0 Å². The van der Waals surface area contributed by atoms with Gasteiger partial charge < -0.3 is 25.0 Å². The van der Waals surface area contributed by atoms with Crippen molar-refractivity contribution < 1.29 is 20.1 Å². The number of aromatic nitrogens is 2. The number of hydrogen-bond donors (Lipinski definition) is 5. The van der Waals surface area contributed by atoms with Gasteiger partial charge in [0.15, 0.2) is 0 Å². The van der Waals surface area contributed by atoms with Gasteiger partial charge in [0.1, 0.15) is 29.1 Å². The van der Waals surface area contributed by atoms with Crippen molar-refractivity contribution in [1.29, 1.82) is 0 Å². The Bertz CT molecular complexity index is 513. The zero-order valence-electron chi connectivity index (χ0n) is 8.66. The third kappa shape index (κ3) is 2.17.